The molecule has 0 spiro atoms. The monoisotopic (exact) mass is 822 g/mol. The van der Waals surface area contributed by atoms with Gasteiger partial charge in [-0.05, 0) is 115 Å². The van der Waals surface area contributed by atoms with Gasteiger partial charge in [0.2, 0.25) is 0 Å². The Balaban J connectivity index is 1.23. The van der Waals surface area contributed by atoms with E-state index in [1.54, 1.807) is 82.3 Å². The van der Waals surface area contributed by atoms with Gasteiger partial charge >= 0.3 is 0 Å². The van der Waals surface area contributed by atoms with Crippen molar-refractivity contribution in [1.29, 1.82) is 0 Å². The van der Waals surface area contributed by atoms with E-state index < -0.39 is 11.0 Å². The number of ether oxygens (including phenoxy) is 2. The van der Waals surface area contributed by atoms with Crippen LogP contribution in [0.5, 0.6) is 11.5 Å². The smallest absolute Gasteiger partial charge is 0.141 e. The Kier molecular flexibility index (Phi) is 17.8. The zero-order valence-electron chi connectivity index (χ0n) is 29.5. The highest BCUT2D eigenvalue weighted by Gasteiger charge is 2.24. The predicted molar refractivity (Wildman–Crippen MR) is 231 cm³/mol. The van der Waals surface area contributed by atoms with Crippen molar-refractivity contribution in [3.8, 4) is 22.6 Å². The van der Waals surface area contributed by atoms with E-state index in [-0.39, 0.29) is 13.2 Å². The highest BCUT2D eigenvalue weighted by Crippen LogP contribution is 2.39. The number of hydrogen-bond donors (Lipinski definition) is 2. The average molecular weight is 823 g/mol. The molecule has 0 aliphatic rings. The minimum atomic E-state index is -1.04. The van der Waals surface area contributed by atoms with Gasteiger partial charge in [0, 0.05) is 46.6 Å². The summed E-state index contributed by atoms with van der Waals surface area (Å²) < 4.78 is 12.0. The van der Waals surface area contributed by atoms with E-state index in [9.17, 15) is 10.2 Å². The number of rotatable bonds is 20. The fourth-order valence-electron chi connectivity index (χ4n) is 4.95. The molecule has 2 N–H and O–H groups in total. The minimum Gasteiger partial charge on any atom is -0.491 e. The second-order valence-corrected chi connectivity index (χ2v) is 18.9. The molecule has 0 aliphatic heterocycles. The molecular formula is C38H46O4S8. The molecule has 0 aromatic heterocycles. The molecule has 0 bridgehead atoms. The molecule has 50 heavy (non-hydrogen) atoms. The Hall–Kier alpha value is -0.800. The largest absolute Gasteiger partial charge is 0.491 e. The van der Waals surface area contributed by atoms with Crippen molar-refractivity contribution >= 4 is 94.1 Å². The third kappa shape index (κ3) is 12.4. The maximum absolute atomic E-state index is 11.1. The van der Waals surface area contributed by atoms with Gasteiger partial charge in [-0.25, -0.2) is 0 Å². The van der Waals surface area contributed by atoms with Crippen LogP contribution in [0.25, 0.3) is 11.1 Å². The topological polar surface area (TPSA) is 58.9 Å². The lowest BCUT2D eigenvalue weighted by Crippen LogP contribution is -2.28. The third-order valence-corrected chi connectivity index (χ3v) is 14.6. The number of thioether (sulfide) groups is 8. The lowest BCUT2D eigenvalue weighted by molar-refractivity contribution is 0.0922. The fourth-order valence-corrected chi connectivity index (χ4v) is 11.3. The van der Waals surface area contributed by atoms with Gasteiger partial charge in [0.15, 0.2) is 0 Å². The molecule has 0 radical (unpaired) electrons. The molecule has 0 fully saturated rings. The molecule has 2 unspecified atom stereocenters. The van der Waals surface area contributed by atoms with Crippen LogP contribution in [-0.2, 0) is 11.5 Å². The molecule has 0 amide bonds. The Bertz CT molecular complexity index is 1600. The van der Waals surface area contributed by atoms with E-state index in [1.807, 2.05) is 55.5 Å². The summed E-state index contributed by atoms with van der Waals surface area (Å²) in [6.45, 7) is 2.25. The van der Waals surface area contributed by atoms with Gasteiger partial charge in [0.25, 0.3) is 0 Å². The molecule has 12 heteroatoms. The summed E-state index contributed by atoms with van der Waals surface area (Å²) >= 11 is 13.8. The molecule has 0 saturated carbocycles. The summed E-state index contributed by atoms with van der Waals surface area (Å²) in [6.07, 6.45) is 12.1. The van der Waals surface area contributed by atoms with Gasteiger partial charge in [0.05, 0.1) is 6.10 Å². The van der Waals surface area contributed by atoms with Crippen molar-refractivity contribution < 1.29 is 19.7 Å². The van der Waals surface area contributed by atoms with Crippen LogP contribution in [0.4, 0.5) is 0 Å². The van der Waals surface area contributed by atoms with Gasteiger partial charge in [-0.15, -0.1) is 82.3 Å². The van der Waals surface area contributed by atoms with E-state index in [1.165, 1.54) is 52.3 Å². The number of hydrogen-bond acceptors (Lipinski definition) is 12. The predicted octanol–water partition coefficient (Wildman–Crippen LogP) is 11.4. The van der Waals surface area contributed by atoms with Crippen molar-refractivity contribution in [1.82, 2.24) is 0 Å². The SMILES string of the molecule is CSc1cc(SC)c(CSCC(O)COc2ccc(-c3ccc(OCC(C)(O)SCc4c(SC)cc(SC)cc4SC)cc3)cc2)c(SC)c1. The summed E-state index contributed by atoms with van der Waals surface area (Å²) in [7, 11) is 0. The first-order chi connectivity index (χ1) is 24.1. The normalized spacial score (nSPS) is 13.2. The maximum Gasteiger partial charge on any atom is 0.141 e. The standard InChI is InChI=1S/C38H46O4S8/c1-38(40,50-23-33-36(47-6)18-31(44-3)19-37(33)48-7)24-42-29-14-10-26(11-15-29)25-8-12-28(13-9-25)41-20-27(39)21-49-22-32-34(45-4)16-30(43-2)17-35(32)46-5/h8-19,27,39-40H,20-24H2,1-7H3. The van der Waals surface area contributed by atoms with Gasteiger partial charge in [-0.1, -0.05) is 24.3 Å². The molecule has 0 heterocycles. The second-order valence-electron chi connectivity index (χ2n) is 11.3. The molecule has 4 aromatic carbocycles. The molecule has 4 aromatic rings. The van der Waals surface area contributed by atoms with Gasteiger partial charge in [-0.2, -0.15) is 11.8 Å². The summed E-state index contributed by atoms with van der Waals surface area (Å²) in [4.78, 5) is 6.63. The Labute approximate surface area is 333 Å². The van der Waals surface area contributed by atoms with Crippen LogP contribution in [0.1, 0.15) is 18.1 Å². The average Bonchev–Trinajstić information content (AvgIpc) is 3.15. The van der Waals surface area contributed by atoms with Crippen molar-refractivity contribution in [3.63, 3.8) is 0 Å². The second kappa shape index (κ2) is 21.2. The summed E-state index contributed by atoms with van der Waals surface area (Å²) in [5, 5.41) is 21.8. The Morgan fingerprint density at radius 1 is 0.600 bits per heavy atom. The van der Waals surface area contributed by atoms with E-state index in [0.717, 1.165) is 22.6 Å². The Morgan fingerprint density at radius 3 is 1.44 bits per heavy atom. The van der Waals surface area contributed by atoms with Crippen LogP contribution >= 0.6 is 94.1 Å². The van der Waals surface area contributed by atoms with E-state index in [2.05, 4.69) is 61.8 Å². The van der Waals surface area contributed by atoms with Crippen LogP contribution in [0.3, 0.4) is 0 Å². The maximum atomic E-state index is 11.1. The molecule has 270 valence electrons. The third-order valence-electron chi connectivity index (χ3n) is 7.71. The van der Waals surface area contributed by atoms with Gasteiger partial charge < -0.3 is 19.7 Å². The highest BCUT2D eigenvalue weighted by atomic mass is 32.2. The van der Waals surface area contributed by atoms with Crippen molar-refractivity contribution in [2.45, 2.75) is 58.8 Å². The van der Waals surface area contributed by atoms with E-state index in [4.69, 9.17) is 9.47 Å². The van der Waals surface area contributed by atoms with Crippen LogP contribution in [0, 0.1) is 0 Å². The first kappa shape index (κ1) is 41.9. The van der Waals surface area contributed by atoms with Crippen LogP contribution < -0.4 is 9.47 Å². The van der Waals surface area contributed by atoms with Crippen LogP contribution in [0.15, 0.2) is 102 Å². The quantitative estimate of drug-likeness (QED) is 0.0659. The van der Waals surface area contributed by atoms with Gasteiger partial charge in [0.1, 0.15) is 29.6 Å². The number of benzene rings is 4. The molecular weight excluding hydrogens is 777 g/mol. The number of aliphatic hydroxyl groups excluding tert-OH is 1. The van der Waals surface area contributed by atoms with Gasteiger partial charge in [-0.3, -0.25) is 0 Å². The van der Waals surface area contributed by atoms with Crippen molar-refractivity contribution in [2.24, 2.45) is 0 Å². The van der Waals surface area contributed by atoms with Crippen molar-refractivity contribution in [2.75, 3.05) is 56.5 Å². The molecule has 4 rings (SSSR count). The molecule has 0 saturated heterocycles. The lowest BCUT2D eigenvalue weighted by atomic mass is 10.1. The van der Waals surface area contributed by atoms with E-state index in [0.29, 0.717) is 17.3 Å². The molecule has 4 nitrogen and oxygen atoms in total. The van der Waals surface area contributed by atoms with Crippen LogP contribution in [0.2, 0.25) is 0 Å². The summed E-state index contributed by atoms with van der Waals surface area (Å²) in [5.74, 6) is 3.62. The zero-order chi connectivity index (χ0) is 36.1. The minimum absolute atomic E-state index is 0.183. The highest BCUT2D eigenvalue weighted by molar-refractivity contribution is 8.01. The first-order valence-corrected chi connectivity index (χ1v) is 25.3. The van der Waals surface area contributed by atoms with Crippen molar-refractivity contribution in [3.05, 3.63) is 83.9 Å². The molecule has 2 atom stereocenters. The summed E-state index contributed by atoms with van der Waals surface area (Å²) in [5.41, 5.74) is 4.73. The Morgan fingerprint density at radius 2 is 1.02 bits per heavy atom. The van der Waals surface area contributed by atoms with Crippen LogP contribution in [-0.4, -0.2) is 77.8 Å². The fraction of sp³-hybridized carbons (Fsp3) is 0.368. The zero-order valence-corrected chi connectivity index (χ0v) is 36.0. The lowest BCUT2D eigenvalue weighted by Gasteiger charge is -2.24. The molecule has 0 aliphatic carbocycles. The van der Waals surface area contributed by atoms with E-state index >= 15 is 0 Å². The first-order valence-electron chi connectivity index (χ1n) is 15.8. The summed E-state index contributed by atoms with van der Waals surface area (Å²) in [6, 6.07) is 24.9. The number of aliphatic hydroxyl groups is 2.